The molecular weight excluding hydrogens is 420 g/mol. The van der Waals surface area contributed by atoms with Gasteiger partial charge in [0.05, 0.1) is 11.3 Å². The zero-order valence-corrected chi connectivity index (χ0v) is 16.0. The van der Waals surface area contributed by atoms with E-state index in [-0.39, 0.29) is 11.8 Å². The van der Waals surface area contributed by atoms with Crippen LogP contribution in [-0.2, 0) is 4.79 Å². The molecule has 0 saturated carbocycles. The largest absolute Gasteiger partial charge is 0.490 e. The lowest BCUT2D eigenvalue weighted by Crippen LogP contribution is -2.33. The van der Waals surface area contributed by atoms with E-state index in [2.05, 4.69) is 27.2 Å². The van der Waals surface area contributed by atoms with E-state index < -0.39 is 18.1 Å². The number of rotatable bonds is 2. The van der Waals surface area contributed by atoms with Crippen molar-refractivity contribution in [3.63, 3.8) is 0 Å². The first-order valence-corrected chi connectivity index (χ1v) is 8.96. The van der Waals surface area contributed by atoms with Crippen LogP contribution < -0.4 is 5.32 Å². The van der Waals surface area contributed by atoms with Gasteiger partial charge in [-0.25, -0.2) is 9.78 Å². The number of aromatic amines is 1. The van der Waals surface area contributed by atoms with Crippen molar-refractivity contribution in [3.05, 3.63) is 59.9 Å². The van der Waals surface area contributed by atoms with E-state index in [1.54, 1.807) is 12.3 Å². The Morgan fingerprint density at radius 2 is 1.87 bits per heavy atom. The summed E-state index contributed by atoms with van der Waals surface area (Å²) in [5, 5.41) is 10.0. The average molecular weight is 436 g/mol. The van der Waals surface area contributed by atoms with Crippen LogP contribution in [0, 0.1) is 5.95 Å². The van der Waals surface area contributed by atoms with Crippen LogP contribution >= 0.6 is 0 Å². The second kappa shape index (κ2) is 8.54. The molecule has 0 saturated heterocycles. The zero-order chi connectivity index (χ0) is 22.8. The van der Waals surface area contributed by atoms with Crippen LogP contribution in [0.1, 0.15) is 28.9 Å². The minimum Gasteiger partial charge on any atom is -0.475 e. The second-order valence-electron chi connectivity index (χ2n) is 6.72. The summed E-state index contributed by atoms with van der Waals surface area (Å²) in [5.74, 6) is -3.09. The Labute approximate surface area is 173 Å². The highest BCUT2D eigenvalue weighted by Crippen LogP contribution is 2.30. The average Bonchev–Trinajstić information content (AvgIpc) is 3.18. The highest BCUT2D eigenvalue weighted by Gasteiger charge is 2.38. The Balaban J connectivity index is 0.000000339. The number of carbonyl (C=O) groups excluding carboxylic acids is 1. The lowest BCUT2D eigenvalue weighted by atomic mass is 9.99. The van der Waals surface area contributed by atoms with Gasteiger partial charge < -0.3 is 15.4 Å². The molecule has 0 spiro atoms. The molecule has 31 heavy (non-hydrogen) atoms. The molecule has 1 aliphatic rings. The third-order valence-electron chi connectivity index (χ3n) is 4.49. The highest BCUT2D eigenvalue weighted by atomic mass is 19.4. The molecule has 1 atom stereocenters. The number of carbonyl (C=O) groups is 2. The third-order valence-corrected chi connectivity index (χ3v) is 4.49. The van der Waals surface area contributed by atoms with Crippen LogP contribution in [0.2, 0.25) is 0 Å². The quantitative estimate of drug-likeness (QED) is 0.419. The standard InChI is InChI=1S/C18H15FN4O.C2HF3O2/c1-10-8-22-18(24)13-7-15(23-17(10)13)11-4-5-20-14(6-11)12-2-3-16(19)21-9-12;3-2(4,5)1(6)7/h2-7,9-10,23H,8H2,1H3,(H,22,24);(H,6,7). The van der Waals surface area contributed by atoms with Gasteiger partial charge in [-0.15, -0.1) is 0 Å². The Hall–Kier alpha value is -3.76. The molecule has 3 aromatic rings. The predicted molar refractivity (Wildman–Crippen MR) is 102 cm³/mol. The van der Waals surface area contributed by atoms with E-state index in [1.165, 1.54) is 12.3 Å². The van der Waals surface area contributed by atoms with Gasteiger partial charge in [0.2, 0.25) is 5.95 Å². The molecule has 0 fully saturated rings. The van der Waals surface area contributed by atoms with Crippen LogP contribution in [0.4, 0.5) is 17.6 Å². The summed E-state index contributed by atoms with van der Waals surface area (Å²) in [6.45, 7) is 2.70. The molecular formula is C20H16F4N4O3. The van der Waals surface area contributed by atoms with Gasteiger partial charge in [-0.2, -0.15) is 17.6 Å². The number of alkyl halides is 3. The Morgan fingerprint density at radius 1 is 1.16 bits per heavy atom. The van der Waals surface area contributed by atoms with Crippen LogP contribution in [-0.4, -0.2) is 44.7 Å². The van der Waals surface area contributed by atoms with Crippen LogP contribution in [0.15, 0.2) is 42.7 Å². The number of halogens is 4. The molecule has 0 radical (unpaired) electrons. The first-order valence-electron chi connectivity index (χ1n) is 8.96. The zero-order valence-electron chi connectivity index (χ0n) is 16.0. The number of fused-ring (bicyclic) bond motifs is 1. The summed E-state index contributed by atoms with van der Waals surface area (Å²) in [4.78, 5) is 32.2. The molecule has 4 heterocycles. The minimum atomic E-state index is -5.08. The number of nitrogens with one attached hydrogen (secondary N) is 2. The topological polar surface area (TPSA) is 108 Å². The van der Waals surface area contributed by atoms with Gasteiger partial charge in [-0.05, 0) is 30.3 Å². The summed E-state index contributed by atoms with van der Waals surface area (Å²) in [6.07, 6.45) is -1.94. The second-order valence-corrected chi connectivity index (χ2v) is 6.72. The first-order chi connectivity index (χ1) is 14.6. The Bertz CT molecular complexity index is 1110. The van der Waals surface area contributed by atoms with E-state index in [4.69, 9.17) is 9.90 Å². The third kappa shape index (κ3) is 5.05. The number of aromatic nitrogens is 3. The molecule has 11 heteroatoms. The fraction of sp³-hybridized carbons (Fsp3) is 0.200. The fourth-order valence-corrected chi connectivity index (χ4v) is 2.93. The van der Waals surface area contributed by atoms with Crippen molar-refractivity contribution < 1.29 is 32.3 Å². The van der Waals surface area contributed by atoms with Crippen molar-refractivity contribution >= 4 is 11.9 Å². The maximum Gasteiger partial charge on any atom is 0.490 e. The number of nitrogens with zero attached hydrogens (tertiary/aromatic N) is 2. The van der Waals surface area contributed by atoms with E-state index in [0.717, 1.165) is 22.5 Å². The lowest BCUT2D eigenvalue weighted by molar-refractivity contribution is -0.192. The maximum atomic E-state index is 13.0. The van der Waals surface area contributed by atoms with Gasteiger partial charge in [0, 0.05) is 47.4 Å². The number of hydrogen-bond acceptors (Lipinski definition) is 4. The summed E-state index contributed by atoms with van der Waals surface area (Å²) < 4.78 is 44.7. The first kappa shape index (κ1) is 21.9. The highest BCUT2D eigenvalue weighted by molar-refractivity contribution is 5.98. The van der Waals surface area contributed by atoms with Gasteiger partial charge in [0.1, 0.15) is 0 Å². The van der Waals surface area contributed by atoms with Crippen molar-refractivity contribution in [1.82, 2.24) is 20.3 Å². The van der Waals surface area contributed by atoms with Gasteiger partial charge in [0.15, 0.2) is 0 Å². The van der Waals surface area contributed by atoms with Gasteiger partial charge in [-0.3, -0.25) is 9.78 Å². The summed E-state index contributed by atoms with van der Waals surface area (Å²) in [6, 6.07) is 8.59. The van der Waals surface area contributed by atoms with E-state index in [9.17, 15) is 22.4 Å². The molecule has 1 unspecified atom stereocenters. The lowest BCUT2D eigenvalue weighted by Gasteiger charge is -2.18. The van der Waals surface area contributed by atoms with Gasteiger partial charge >= 0.3 is 12.1 Å². The van der Waals surface area contributed by atoms with Gasteiger partial charge in [0.25, 0.3) is 5.91 Å². The predicted octanol–water partition coefficient (Wildman–Crippen LogP) is 3.76. The smallest absolute Gasteiger partial charge is 0.475 e. The van der Waals surface area contributed by atoms with Crippen LogP contribution in [0.25, 0.3) is 22.5 Å². The summed E-state index contributed by atoms with van der Waals surface area (Å²) in [5.41, 5.74) is 4.85. The number of carboxylic acids is 1. The van der Waals surface area contributed by atoms with Crippen molar-refractivity contribution in [3.8, 4) is 22.5 Å². The molecule has 7 nitrogen and oxygen atoms in total. The number of pyridine rings is 2. The van der Waals surface area contributed by atoms with E-state index in [1.807, 2.05) is 18.2 Å². The number of amides is 1. The molecule has 1 aliphatic heterocycles. The van der Waals surface area contributed by atoms with E-state index >= 15 is 0 Å². The molecule has 0 aromatic carbocycles. The van der Waals surface area contributed by atoms with Crippen molar-refractivity contribution in [1.29, 1.82) is 0 Å². The monoisotopic (exact) mass is 436 g/mol. The van der Waals surface area contributed by atoms with Crippen molar-refractivity contribution in [2.75, 3.05) is 6.54 Å². The van der Waals surface area contributed by atoms with Crippen LogP contribution in [0.5, 0.6) is 0 Å². The normalized spacial score (nSPS) is 15.4. The van der Waals surface area contributed by atoms with Gasteiger partial charge in [-0.1, -0.05) is 6.92 Å². The number of carboxylic acid groups (broad SMARTS) is 1. The van der Waals surface area contributed by atoms with Crippen molar-refractivity contribution in [2.24, 2.45) is 0 Å². The van der Waals surface area contributed by atoms with Crippen LogP contribution in [0.3, 0.4) is 0 Å². The molecule has 3 aromatic heterocycles. The van der Waals surface area contributed by atoms with E-state index in [0.29, 0.717) is 17.8 Å². The number of aliphatic carboxylic acids is 1. The molecule has 1 amide bonds. The Kier molecular flexibility index (Phi) is 6.04. The van der Waals surface area contributed by atoms with Crippen molar-refractivity contribution in [2.45, 2.75) is 19.0 Å². The maximum absolute atomic E-state index is 13.0. The summed E-state index contributed by atoms with van der Waals surface area (Å²) in [7, 11) is 0. The molecule has 3 N–H and O–H groups in total. The Morgan fingerprint density at radius 3 is 2.45 bits per heavy atom. The minimum absolute atomic E-state index is 0.0531. The summed E-state index contributed by atoms with van der Waals surface area (Å²) >= 11 is 0. The number of hydrogen-bond donors (Lipinski definition) is 3. The fourth-order valence-electron chi connectivity index (χ4n) is 2.93. The molecule has 4 rings (SSSR count). The molecule has 0 aliphatic carbocycles. The molecule has 162 valence electrons. The molecule has 0 bridgehead atoms. The SMILES string of the molecule is CC1CNC(=O)c2cc(-c3ccnc(-c4ccc(F)nc4)c3)[nH]c21.O=C(O)C(F)(F)F. The number of H-pyrrole nitrogens is 1.